The molecule has 154 valence electrons. The Morgan fingerprint density at radius 1 is 0.613 bits per heavy atom. The van der Waals surface area contributed by atoms with E-state index >= 15 is 0 Å². The molecule has 0 amide bonds. The minimum atomic E-state index is 0.464. The SMILES string of the molecule is C(=N\Nc1ccccc1)/c1ccc(OCc2ccccc2)c(OCc2ccccc2)c1. The molecule has 0 bridgehead atoms. The van der Waals surface area contributed by atoms with Gasteiger partial charge in [0.05, 0.1) is 11.9 Å². The highest BCUT2D eigenvalue weighted by Gasteiger charge is 2.08. The summed E-state index contributed by atoms with van der Waals surface area (Å²) in [5, 5.41) is 4.32. The van der Waals surface area contributed by atoms with E-state index in [-0.39, 0.29) is 0 Å². The van der Waals surface area contributed by atoms with Crippen LogP contribution in [0.15, 0.2) is 114 Å². The smallest absolute Gasteiger partial charge is 0.162 e. The van der Waals surface area contributed by atoms with E-state index in [0.717, 1.165) is 22.4 Å². The van der Waals surface area contributed by atoms with Gasteiger partial charge in [-0.05, 0) is 47.0 Å². The summed E-state index contributed by atoms with van der Waals surface area (Å²) in [6.07, 6.45) is 1.77. The summed E-state index contributed by atoms with van der Waals surface area (Å²) in [7, 11) is 0. The second-order valence-electron chi connectivity index (χ2n) is 6.99. The molecule has 31 heavy (non-hydrogen) atoms. The Hall–Kier alpha value is -4.05. The second kappa shape index (κ2) is 10.6. The number of rotatable bonds is 9. The van der Waals surface area contributed by atoms with Crippen LogP contribution < -0.4 is 14.9 Å². The van der Waals surface area contributed by atoms with Crippen LogP contribution in [0.3, 0.4) is 0 Å². The van der Waals surface area contributed by atoms with E-state index in [2.05, 4.69) is 10.5 Å². The number of anilines is 1. The van der Waals surface area contributed by atoms with Crippen LogP contribution in [-0.2, 0) is 13.2 Å². The Morgan fingerprint density at radius 3 is 1.77 bits per heavy atom. The van der Waals surface area contributed by atoms with Gasteiger partial charge in [-0.15, -0.1) is 0 Å². The summed E-state index contributed by atoms with van der Waals surface area (Å²) in [5.74, 6) is 1.39. The van der Waals surface area contributed by atoms with E-state index in [4.69, 9.17) is 9.47 Å². The number of para-hydroxylation sites is 1. The van der Waals surface area contributed by atoms with Crippen LogP contribution in [-0.4, -0.2) is 6.21 Å². The van der Waals surface area contributed by atoms with Crippen molar-refractivity contribution in [2.24, 2.45) is 5.10 Å². The van der Waals surface area contributed by atoms with Crippen LogP contribution in [0.1, 0.15) is 16.7 Å². The molecular weight excluding hydrogens is 384 g/mol. The molecule has 0 atom stereocenters. The summed E-state index contributed by atoms with van der Waals surface area (Å²) < 4.78 is 12.2. The van der Waals surface area contributed by atoms with Crippen molar-refractivity contribution < 1.29 is 9.47 Å². The third-order valence-corrected chi connectivity index (χ3v) is 4.62. The Morgan fingerprint density at radius 2 is 1.16 bits per heavy atom. The van der Waals surface area contributed by atoms with Crippen molar-refractivity contribution in [2.75, 3.05) is 5.43 Å². The molecule has 4 aromatic rings. The van der Waals surface area contributed by atoms with Crippen LogP contribution in [0.25, 0.3) is 0 Å². The molecule has 1 N–H and O–H groups in total. The standard InChI is InChI=1S/C27H24N2O2/c1-4-10-22(11-5-1)20-30-26-17-16-24(19-28-29-25-14-8-3-9-15-25)18-27(26)31-21-23-12-6-2-7-13-23/h1-19,29H,20-21H2/b28-19+. The van der Waals surface area contributed by atoms with E-state index in [1.54, 1.807) is 6.21 Å². The molecule has 0 spiro atoms. The highest BCUT2D eigenvalue weighted by atomic mass is 16.5. The minimum Gasteiger partial charge on any atom is -0.485 e. The normalized spacial score (nSPS) is 10.7. The zero-order chi connectivity index (χ0) is 21.1. The van der Waals surface area contributed by atoms with Gasteiger partial charge in [0.15, 0.2) is 11.5 Å². The van der Waals surface area contributed by atoms with Crippen molar-refractivity contribution in [2.45, 2.75) is 13.2 Å². The van der Waals surface area contributed by atoms with E-state index in [1.165, 1.54) is 0 Å². The lowest BCUT2D eigenvalue weighted by molar-refractivity contribution is 0.256. The van der Waals surface area contributed by atoms with Gasteiger partial charge in [0, 0.05) is 0 Å². The summed E-state index contributed by atoms with van der Waals surface area (Å²) in [5.41, 5.74) is 7.08. The number of nitrogens with one attached hydrogen (secondary N) is 1. The van der Waals surface area contributed by atoms with E-state index in [1.807, 2.05) is 109 Å². The van der Waals surface area contributed by atoms with Crippen LogP contribution in [0.5, 0.6) is 11.5 Å². The first-order valence-corrected chi connectivity index (χ1v) is 10.2. The van der Waals surface area contributed by atoms with Crippen molar-refractivity contribution in [3.63, 3.8) is 0 Å². The first-order chi connectivity index (χ1) is 15.4. The van der Waals surface area contributed by atoms with Gasteiger partial charge >= 0.3 is 0 Å². The van der Waals surface area contributed by atoms with Crippen LogP contribution in [0, 0.1) is 0 Å². The average molecular weight is 409 g/mol. The zero-order valence-electron chi connectivity index (χ0n) is 17.1. The number of hydrogen-bond donors (Lipinski definition) is 1. The molecule has 0 aromatic heterocycles. The first kappa shape index (κ1) is 20.2. The largest absolute Gasteiger partial charge is 0.485 e. The lowest BCUT2D eigenvalue weighted by Crippen LogP contribution is -2.01. The zero-order valence-corrected chi connectivity index (χ0v) is 17.1. The molecule has 4 heteroatoms. The van der Waals surface area contributed by atoms with Crippen molar-refractivity contribution >= 4 is 11.9 Å². The van der Waals surface area contributed by atoms with Gasteiger partial charge in [0.2, 0.25) is 0 Å². The van der Waals surface area contributed by atoms with Crippen LogP contribution in [0.4, 0.5) is 5.69 Å². The number of benzene rings is 4. The fraction of sp³-hybridized carbons (Fsp3) is 0.0741. The Labute approximate surface area is 182 Å². The predicted molar refractivity (Wildman–Crippen MR) is 126 cm³/mol. The number of hydrazone groups is 1. The van der Waals surface area contributed by atoms with Crippen molar-refractivity contribution in [1.82, 2.24) is 0 Å². The Kier molecular flexibility index (Phi) is 6.95. The molecule has 0 aliphatic rings. The summed E-state index contributed by atoms with van der Waals surface area (Å²) >= 11 is 0. The molecule has 4 rings (SSSR count). The van der Waals surface area contributed by atoms with E-state index < -0.39 is 0 Å². The predicted octanol–water partition coefficient (Wildman–Crippen LogP) is 6.29. The third kappa shape index (κ3) is 6.21. The molecule has 0 aliphatic carbocycles. The van der Waals surface area contributed by atoms with Gasteiger partial charge in [-0.3, -0.25) is 5.43 Å². The lowest BCUT2D eigenvalue weighted by atomic mass is 10.2. The first-order valence-electron chi connectivity index (χ1n) is 10.2. The molecule has 0 unspecified atom stereocenters. The fourth-order valence-electron chi connectivity index (χ4n) is 3.00. The molecule has 0 aliphatic heterocycles. The van der Waals surface area contributed by atoms with Crippen molar-refractivity contribution in [1.29, 1.82) is 0 Å². The molecule has 0 fully saturated rings. The van der Waals surface area contributed by atoms with E-state index in [9.17, 15) is 0 Å². The van der Waals surface area contributed by atoms with Crippen LogP contribution in [0.2, 0.25) is 0 Å². The molecule has 4 nitrogen and oxygen atoms in total. The Balaban J connectivity index is 1.48. The number of hydrogen-bond acceptors (Lipinski definition) is 4. The van der Waals surface area contributed by atoms with Crippen molar-refractivity contribution in [3.05, 3.63) is 126 Å². The average Bonchev–Trinajstić information content (AvgIpc) is 2.84. The van der Waals surface area contributed by atoms with Crippen LogP contribution >= 0.6 is 0 Å². The fourth-order valence-corrected chi connectivity index (χ4v) is 3.00. The summed E-state index contributed by atoms with van der Waals surface area (Å²) in [6.45, 7) is 0.941. The topological polar surface area (TPSA) is 42.9 Å². The monoisotopic (exact) mass is 408 g/mol. The van der Waals surface area contributed by atoms with Gasteiger partial charge in [-0.1, -0.05) is 78.9 Å². The van der Waals surface area contributed by atoms with Gasteiger partial charge in [-0.25, -0.2) is 0 Å². The second-order valence-corrected chi connectivity index (χ2v) is 6.99. The summed E-state index contributed by atoms with van der Waals surface area (Å²) in [6, 6.07) is 35.8. The number of ether oxygens (including phenoxy) is 2. The maximum Gasteiger partial charge on any atom is 0.162 e. The quantitative estimate of drug-likeness (QED) is 0.261. The maximum absolute atomic E-state index is 6.11. The molecular formula is C27H24N2O2. The maximum atomic E-state index is 6.11. The van der Waals surface area contributed by atoms with Gasteiger partial charge in [-0.2, -0.15) is 5.10 Å². The highest BCUT2D eigenvalue weighted by molar-refractivity contribution is 5.81. The Bertz CT molecular complexity index is 1100. The van der Waals surface area contributed by atoms with Crippen molar-refractivity contribution in [3.8, 4) is 11.5 Å². The van der Waals surface area contributed by atoms with Gasteiger partial charge in [0.25, 0.3) is 0 Å². The summed E-state index contributed by atoms with van der Waals surface area (Å²) in [4.78, 5) is 0. The third-order valence-electron chi connectivity index (χ3n) is 4.62. The van der Waals surface area contributed by atoms with Gasteiger partial charge < -0.3 is 9.47 Å². The molecule has 0 heterocycles. The molecule has 0 saturated heterocycles. The molecule has 4 aromatic carbocycles. The lowest BCUT2D eigenvalue weighted by Gasteiger charge is -2.14. The molecule has 0 saturated carbocycles. The molecule has 0 radical (unpaired) electrons. The number of nitrogens with zero attached hydrogens (tertiary/aromatic N) is 1. The van der Waals surface area contributed by atoms with Gasteiger partial charge in [0.1, 0.15) is 13.2 Å². The van der Waals surface area contributed by atoms with E-state index in [0.29, 0.717) is 24.7 Å². The minimum absolute atomic E-state index is 0.464. The highest BCUT2D eigenvalue weighted by Crippen LogP contribution is 2.29.